The summed E-state index contributed by atoms with van der Waals surface area (Å²) in [5.74, 6) is -0.111. The number of pyridine rings is 1. The molecule has 51 heavy (non-hydrogen) atoms. The van der Waals surface area contributed by atoms with Crippen molar-refractivity contribution in [2.24, 2.45) is 0 Å². The topological polar surface area (TPSA) is 102 Å². The number of halogens is 4. The van der Waals surface area contributed by atoms with Gasteiger partial charge in [0.15, 0.2) is 0 Å². The molecule has 0 radical (unpaired) electrons. The highest BCUT2D eigenvalue weighted by Gasteiger charge is 2.34. The number of ether oxygens (including phenoxy) is 1. The van der Waals surface area contributed by atoms with E-state index in [-0.39, 0.29) is 27.9 Å². The molecule has 12 heteroatoms. The molecule has 4 aromatic rings. The minimum atomic E-state index is -4.61. The summed E-state index contributed by atoms with van der Waals surface area (Å²) in [5, 5.41) is 23.0. The lowest BCUT2D eigenvalue weighted by Gasteiger charge is -2.20. The van der Waals surface area contributed by atoms with Crippen molar-refractivity contribution in [1.29, 1.82) is 5.26 Å². The number of amides is 1. The lowest BCUT2D eigenvalue weighted by atomic mass is 9.94. The molecular weight excluding hydrogens is 679 g/mol. The average Bonchev–Trinajstić information content (AvgIpc) is 3.79. The number of nitrogens with one attached hydrogen (secondary N) is 1. The van der Waals surface area contributed by atoms with E-state index in [1.807, 2.05) is 6.07 Å². The SMILES string of the molecule is COc1cc(/C=C/c2cccc(-c3cccc(NC(=O)c4ccc(CN5CC[C@@H](O)C5)cn4)c3Cl)c2C#N)c(C(F)(F)F)cc1CN1CCCC1. The van der Waals surface area contributed by atoms with Crippen LogP contribution in [0.5, 0.6) is 5.75 Å². The normalized spacial score (nSPS) is 16.8. The van der Waals surface area contributed by atoms with Crippen LogP contribution in [0.3, 0.4) is 0 Å². The van der Waals surface area contributed by atoms with Crippen molar-refractivity contribution in [2.75, 3.05) is 38.6 Å². The number of nitrogens with zero attached hydrogens (tertiary/aromatic N) is 4. The van der Waals surface area contributed by atoms with Gasteiger partial charge in [0.05, 0.1) is 35.1 Å². The van der Waals surface area contributed by atoms with E-state index < -0.39 is 17.6 Å². The van der Waals surface area contributed by atoms with Crippen LogP contribution in [0, 0.1) is 11.3 Å². The molecule has 2 fully saturated rings. The summed E-state index contributed by atoms with van der Waals surface area (Å²) >= 11 is 6.81. The van der Waals surface area contributed by atoms with Crippen LogP contribution in [0.2, 0.25) is 5.02 Å². The summed E-state index contributed by atoms with van der Waals surface area (Å²) in [7, 11) is 1.44. The molecule has 6 rings (SSSR count). The Morgan fingerprint density at radius 3 is 2.45 bits per heavy atom. The summed E-state index contributed by atoms with van der Waals surface area (Å²) in [6, 6.07) is 18.2. The lowest BCUT2D eigenvalue weighted by Crippen LogP contribution is -2.21. The molecule has 0 saturated carbocycles. The Labute approximate surface area is 299 Å². The maximum atomic E-state index is 14.3. The highest BCUT2D eigenvalue weighted by molar-refractivity contribution is 6.36. The summed E-state index contributed by atoms with van der Waals surface area (Å²) in [4.78, 5) is 21.7. The van der Waals surface area contributed by atoms with Crippen LogP contribution in [-0.4, -0.2) is 65.2 Å². The van der Waals surface area contributed by atoms with Crippen molar-refractivity contribution < 1.29 is 27.8 Å². The molecule has 0 bridgehead atoms. The summed E-state index contributed by atoms with van der Waals surface area (Å²) in [6.45, 7) is 4.05. The van der Waals surface area contributed by atoms with E-state index in [1.54, 1.807) is 48.7 Å². The molecule has 0 aliphatic carbocycles. The third kappa shape index (κ3) is 8.43. The van der Waals surface area contributed by atoms with Crippen molar-refractivity contribution in [3.63, 3.8) is 0 Å². The van der Waals surface area contributed by atoms with Crippen molar-refractivity contribution in [3.8, 4) is 22.9 Å². The third-order valence-electron chi connectivity index (χ3n) is 9.25. The van der Waals surface area contributed by atoms with Crippen molar-refractivity contribution in [2.45, 2.75) is 44.6 Å². The molecule has 1 amide bonds. The van der Waals surface area contributed by atoms with Gasteiger partial charge in [0, 0.05) is 49.1 Å². The Morgan fingerprint density at radius 1 is 1.04 bits per heavy atom. The number of anilines is 1. The third-order valence-corrected chi connectivity index (χ3v) is 9.66. The fourth-order valence-corrected chi connectivity index (χ4v) is 6.92. The number of aromatic nitrogens is 1. The number of carbonyl (C=O) groups is 1. The van der Waals surface area contributed by atoms with Gasteiger partial charge in [-0.2, -0.15) is 18.4 Å². The van der Waals surface area contributed by atoms with Crippen LogP contribution in [0.4, 0.5) is 18.9 Å². The van der Waals surface area contributed by atoms with Crippen molar-refractivity contribution >= 4 is 35.3 Å². The van der Waals surface area contributed by atoms with E-state index in [0.29, 0.717) is 53.3 Å². The van der Waals surface area contributed by atoms with Crippen LogP contribution < -0.4 is 10.1 Å². The lowest BCUT2D eigenvalue weighted by molar-refractivity contribution is -0.137. The van der Waals surface area contributed by atoms with Gasteiger partial charge in [-0.25, -0.2) is 0 Å². The van der Waals surface area contributed by atoms with Crippen LogP contribution in [-0.2, 0) is 19.3 Å². The van der Waals surface area contributed by atoms with Crippen molar-refractivity contribution in [1.82, 2.24) is 14.8 Å². The zero-order valence-electron chi connectivity index (χ0n) is 28.0. The number of benzene rings is 3. The minimum absolute atomic E-state index is 0.0851. The summed E-state index contributed by atoms with van der Waals surface area (Å²) in [6.07, 6.45) is 2.28. The fourth-order valence-electron chi connectivity index (χ4n) is 6.65. The molecule has 2 aliphatic heterocycles. The number of β-amino-alcohol motifs (C(OH)–C–C–N with tert-alkyl or cyclic N) is 1. The first-order valence-corrected chi connectivity index (χ1v) is 17.1. The van der Waals surface area contributed by atoms with Gasteiger partial charge in [-0.1, -0.05) is 60.2 Å². The van der Waals surface area contributed by atoms with E-state index in [1.165, 1.54) is 25.3 Å². The van der Waals surface area contributed by atoms with E-state index >= 15 is 0 Å². The number of nitriles is 1. The number of hydrogen-bond donors (Lipinski definition) is 2. The number of aliphatic hydroxyl groups is 1. The van der Waals surface area contributed by atoms with Gasteiger partial charge in [-0.3, -0.25) is 19.6 Å². The van der Waals surface area contributed by atoms with Crippen LogP contribution in [0.15, 0.2) is 66.9 Å². The molecule has 2 saturated heterocycles. The molecule has 0 spiro atoms. The van der Waals surface area contributed by atoms with Gasteiger partial charge in [0.25, 0.3) is 5.91 Å². The first-order valence-electron chi connectivity index (χ1n) is 16.7. The van der Waals surface area contributed by atoms with E-state index in [0.717, 1.165) is 50.5 Å². The Kier molecular flexibility index (Phi) is 11.1. The molecule has 3 aromatic carbocycles. The maximum Gasteiger partial charge on any atom is 0.417 e. The van der Waals surface area contributed by atoms with Crippen LogP contribution in [0.25, 0.3) is 23.3 Å². The Bertz CT molecular complexity index is 1970. The fraction of sp³-hybridized carbons (Fsp3) is 0.308. The van der Waals surface area contributed by atoms with Gasteiger partial charge in [-0.15, -0.1) is 0 Å². The predicted molar refractivity (Wildman–Crippen MR) is 191 cm³/mol. The monoisotopic (exact) mass is 715 g/mol. The largest absolute Gasteiger partial charge is 0.496 e. The summed E-state index contributed by atoms with van der Waals surface area (Å²) < 4.78 is 48.5. The molecule has 8 nitrogen and oxygen atoms in total. The first-order chi connectivity index (χ1) is 24.5. The number of likely N-dealkylation sites (tertiary alicyclic amines) is 2. The number of rotatable bonds is 10. The van der Waals surface area contributed by atoms with E-state index in [2.05, 4.69) is 26.2 Å². The first kappa shape index (κ1) is 36.1. The molecule has 0 unspecified atom stereocenters. The zero-order valence-corrected chi connectivity index (χ0v) is 28.8. The Morgan fingerprint density at radius 2 is 1.78 bits per heavy atom. The van der Waals surface area contributed by atoms with Gasteiger partial charge < -0.3 is 15.2 Å². The highest BCUT2D eigenvalue weighted by Crippen LogP contribution is 2.39. The quantitative estimate of drug-likeness (QED) is 0.161. The molecule has 264 valence electrons. The maximum absolute atomic E-state index is 14.3. The Hall–Kier alpha value is -4.73. The molecule has 2 aliphatic rings. The number of carbonyl (C=O) groups excluding carboxylic acids is 1. The number of methoxy groups -OCH3 is 1. The molecule has 3 heterocycles. The number of alkyl halides is 3. The highest BCUT2D eigenvalue weighted by atomic mass is 35.5. The second-order valence-electron chi connectivity index (χ2n) is 12.8. The van der Waals surface area contributed by atoms with Gasteiger partial charge in [0.2, 0.25) is 0 Å². The second kappa shape index (κ2) is 15.7. The van der Waals surface area contributed by atoms with Crippen LogP contribution in [0.1, 0.15) is 63.1 Å². The van der Waals surface area contributed by atoms with E-state index in [9.17, 15) is 28.3 Å². The number of hydrogen-bond acceptors (Lipinski definition) is 7. The standard InChI is InChI=1S/C39H37ClF3N5O3/c1-51-36-19-27(33(39(41,42)43)18-28(36)23-47-15-2-3-16-47)12-11-26-6-4-7-30(32(26)20-44)31-8-5-9-34(37(31)40)46-38(50)35-13-10-25(21-45-35)22-48-17-14-29(49)24-48/h4-13,18-19,21,29,49H,2-3,14-17,22-24H2,1H3,(H,46,50)/b12-11+/t29-/m1/s1. The van der Waals surface area contributed by atoms with Crippen LogP contribution >= 0.6 is 11.6 Å². The molecule has 1 atom stereocenters. The van der Waals surface area contributed by atoms with Gasteiger partial charge >= 0.3 is 6.18 Å². The minimum Gasteiger partial charge on any atom is -0.496 e. The average molecular weight is 716 g/mol. The molecular formula is C39H37ClF3N5O3. The molecule has 2 N–H and O–H groups in total. The smallest absolute Gasteiger partial charge is 0.417 e. The zero-order chi connectivity index (χ0) is 36.1. The Balaban J connectivity index is 1.24. The van der Waals surface area contributed by atoms with Crippen molar-refractivity contribution in [3.05, 3.63) is 111 Å². The van der Waals surface area contributed by atoms with E-state index in [4.69, 9.17) is 16.3 Å². The van der Waals surface area contributed by atoms with Gasteiger partial charge in [0.1, 0.15) is 17.5 Å². The second-order valence-corrected chi connectivity index (χ2v) is 13.2. The summed E-state index contributed by atoms with van der Waals surface area (Å²) in [5.41, 5.74) is 2.51. The molecule has 1 aromatic heterocycles. The predicted octanol–water partition coefficient (Wildman–Crippen LogP) is 7.89. The number of aliphatic hydroxyl groups excluding tert-OH is 1. The van der Waals surface area contributed by atoms with Gasteiger partial charge in [-0.05, 0) is 73.3 Å².